The molecule has 50 heavy (non-hydrogen) atoms. The molecule has 1 aromatic rings. The number of morpholine rings is 1. The highest BCUT2D eigenvalue weighted by atomic mass is 19.1. The lowest BCUT2D eigenvalue weighted by Gasteiger charge is -2.64. The number of nitrogens with zero attached hydrogens (tertiary/aromatic N) is 2. The Balaban J connectivity index is 1.02. The molecule has 0 radical (unpaired) electrons. The number of rotatable bonds is 6. The van der Waals surface area contributed by atoms with Gasteiger partial charge >= 0.3 is 0 Å². The lowest BCUT2D eigenvalue weighted by atomic mass is 9.41. The Bertz CT molecular complexity index is 1450. The molecular formula is C42H65FN2O5. The third kappa shape index (κ3) is 4.85. The molecule has 0 aromatic carbocycles. The van der Waals surface area contributed by atoms with Gasteiger partial charge in [-0.15, -0.1) is 0 Å². The van der Waals surface area contributed by atoms with Gasteiger partial charge in [-0.25, -0.2) is 4.39 Å². The number of aliphatic hydroxyl groups excluding tert-OH is 1. The quantitative estimate of drug-likeness (QED) is 0.323. The fraction of sp³-hybridized carbons (Fsp3) is 0.881. The minimum Gasteiger partial charge on any atom is -0.390 e. The average molecular weight is 697 g/mol. The van der Waals surface area contributed by atoms with E-state index < -0.39 is 6.10 Å². The summed E-state index contributed by atoms with van der Waals surface area (Å²) < 4.78 is 40.5. The summed E-state index contributed by atoms with van der Waals surface area (Å²) in [5.41, 5.74) is 1.26. The lowest BCUT2D eigenvalue weighted by molar-refractivity contribution is -0.234. The number of hydrogen-bond donors (Lipinski definition) is 1. The van der Waals surface area contributed by atoms with Crippen molar-refractivity contribution in [3.05, 3.63) is 24.3 Å². The lowest BCUT2D eigenvalue weighted by Crippen LogP contribution is -2.60. The summed E-state index contributed by atoms with van der Waals surface area (Å²) in [5, 5.41) is 12.7. The van der Waals surface area contributed by atoms with Crippen LogP contribution in [-0.4, -0.2) is 73.2 Å². The summed E-state index contributed by atoms with van der Waals surface area (Å²) in [6.07, 6.45) is 11.5. The van der Waals surface area contributed by atoms with Crippen LogP contribution in [0, 0.1) is 62.0 Å². The standard InChI is InChI=1S/C42H65FN2O5/c1-10-47-36(37(3,4)5)28-19-25(2)33-34(49-28)35(46)40(9)30-12-11-29-38(6,7)31(13-14-41(29)24-42(30,41)16-15-39(33,40)8)50-32-23-45(17-18-48-32)27-20-26(43)21-44-22-27/h20-22,25,28-36,46H,10-19,23-24H2,1-9H3/t25-,28-,29+,30+,31+,32+,33+,34+,35+,36+,39-,40-,41?,42+/m1/s1. The molecule has 7 aliphatic rings. The van der Waals surface area contributed by atoms with Crippen LogP contribution in [0.15, 0.2) is 18.5 Å². The number of hydrogen-bond acceptors (Lipinski definition) is 7. The smallest absolute Gasteiger partial charge is 0.175 e. The van der Waals surface area contributed by atoms with Crippen LogP contribution in [0.5, 0.6) is 0 Å². The molecule has 0 amide bonds. The number of aliphatic hydroxyl groups is 1. The fourth-order valence-electron chi connectivity index (χ4n) is 14.5. The first kappa shape index (κ1) is 35.7. The van der Waals surface area contributed by atoms with Crippen LogP contribution < -0.4 is 4.90 Å². The van der Waals surface area contributed by atoms with Gasteiger partial charge in [0.2, 0.25) is 0 Å². The van der Waals surface area contributed by atoms with Crippen LogP contribution >= 0.6 is 0 Å². The van der Waals surface area contributed by atoms with Gasteiger partial charge in [-0.3, -0.25) is 4.98 Å². The van der Waals surface area contributed by atoms with Gasteiger partial charge in [0.15, 0.2) is 6.29 Å². The molecule has 5 aliphatic carbocycles. The Morgan fingerprint density at radius 1 is 1.06 bits per heavy atom. The number of fused-ring (bicyclic) bond motifs is 4. The predicted octanol–water partition coefficient (Wildman–Crippen LogP) is 8.03. The Morgan fingerprint density at radius 3 is 2.52 bits per heavy atom. The summed E-state index contributed by atoms with van der Waals surface area (Å²) in [5.74, 6) is 1.62. The van der Waals surface area contributed by atoms with Crippen molar-refractivity contribution in [1.82, 2.24) is 4.98 Å². The van der Waals surface area contributed by atoms with Gasteiger partial charge in [0.05, 0.1) is 61.8 Å². The first-order chi connectivity index (χ1) is 23.5. The number of pyridine rings is 1. The normalized spacial score (nSPS) is 48.5. The van der Waals surface area contributed by atoms with Crippen molar-refractivity contribution in [1.29, 1.82) is 0 Å². The maximum atomic E-state index is 14.0. The van der Waals surface area contributed by atoms with Crippen molar-refractivity contribution in [3.8, 4) is 0 Å². The molecule has 3 heterocycles. The molecule has 7 nitrogen and oxygen atoms in total. The molecular weight excluding hydrogens is 631 g/mol. The van der Waals surface area contributed by atoms with E-state index in [2.05, 4.69) is 72.2 Å². The molecule has 2 aliphatic heterocycles. The zero-order chi connectivity index (χ0) is 35.6. The van der Waals surface area contributed by atoms with Crippen LogP contribution in [0.25, 0.3) is 0 Å². The van der Waals surface area contributed by atoms with Crippen molar-refractivity contribution < 1.29 is 28.4 Å². The summed E-state index contributed by atoms with van der Waals surface area (Å²) in [6, 6.07) is 1.55. The molecule has 2 spiro atoms. The Labute approximate surface area is 300 Å². The van der Waals surface area contributed by atoms with Gasteiger partial charge in [0, 0.05) is 24.6 Å². The van der Waals surface area contributed by atoms with E-state index in [1.807, 2.05) is 0 Å². The molecule has 8 heteroatoms. The molecule has 2 saturated heterocycles. The number of ether oxygens (including phenoxy) is 4. The third-order valence-electron chi connectivity index (χ3n) is 16.7. The van der Waals surface area contributed by atoms with Crippen LogP contribution in [0.1, 0.15) is 114 Å². The number of anilines is 1. The van der Waals surface area contributed by atoms with Crippen molar-refractivity contribution in [2.24, 2.45) is 56.2 Å². The van der Waals surface area contributed by atoms with E-state index in [0.29, 0.717) is 60.8 Å². The van der Waals surface area contributed by atoms with E-state index in [9.17, 15) is 9.50 Å². The summed E-state index contributed by atoms with van der Waals surface area (Å²) >= 11 is 0. The number of aromatic nitrogens is 1. The van der Waals surface area contributed by atoms with Crippen molar-refractivity contribution in [2.45, 2.75) is 150 Å². The van der Waals surface area contributed by atoms with Crippen LogP contribution in [0.3, 0.4) is 0 Å². The SMILES string of the molecule is CCO[C@@H]([C@H]1C[C@@H](C)[C@H]2[C@H](O1)[C@H](O)[C@@]1(C)[C@@H]3CC[C@H]4C(C)(C)[C@@H](O[C@H]5CN(c6cncc(F)c6)CCO5)CCC45C[C@@]35CC[C@]21C)C(C)(C)C. The van der Waals surface area contributed by atoms with Gasteiger partial charge in [-0.05, 0) is 109 Å². The first-order valence-electron chi connectivity index (χ1n) is 20.1. The van der Waals surface area contributed by atoms with Crippen LogP contribution in [0.4, 0.5) is 10.1 Å². The molecule has 14 atom stereocenters. The highest BCUT2D eigenvalue weighted by Gasteiger charge is 2.84. The van der Waals surface area contributed by atoms with E-state index in [4.69, 9.17) is 18.9 Å². The van der Waals surface area contributed by atoms with Crippen molar-refractivity contribution >= 4 is 5.69 Å². The zero-order valence-electron chi connectivity index (χ0n) is 32.3. The van der Waals surface area contributed by atoms with Crippen molar-refractivity contribution in [2.75, 3.05) is 31.2 Å². The maximum Gasteiger partial charge on any atom is 0.175 e. The fourth-order valence-corrected chi connectivity index (χ4v) is 14.5. The second-order valence-electron chi connectivity index (χ2n) is 20.0. The first-order valence-corrected chi connectivity index (χ1v) is 20.1. The largest absolute Gasteiger partial charge is 0.390 e. The van der Waals surface area contributed by atoms with Crippen LogP contribution in [0.2, 0.25) is 0 Å². The summed E-state index contributed by atoms with van der Waals surface area (Å²) in [7, 11) is 0. The molecule has 5 saturated carbocycles. The monoisotopic (exact) mass is 696 g/mol. The van der Waals surface area contributed by atoms with Crippen LogP contribution in [-0.2, 0) is 18.9 Å². The van der Waals surface area contributed by atoms with E-state index in [1.165, 1.54) is 44.7 Å². The van der Waals surface area contributed by atoms with E-state index >= 15 is 0 Å². The second kappa shape index (κ2) is 11.8. The Hall–Kier alpha value is -1.32. The minimum atomic E-state index is -0.464. The van der Waals surface area contributed by atoms with Gasteiger partial charge < -0.3 is 29.0 Å². The topological polar surface area (TPSA) is 73.3 Å². The highest BCUT2D eigenvalue weighted by molar-refractivity contribution is 5.44. The maximum absolute atomic E-state index is 14.0. The van der Waals surface area contributed by atoms with Gasteiger partial charge in [-0.1, -0.05) is 55.4 Å². The minimum absolute atomic E-state index is 0.00648. The van der Waals surface area contributed by atoms with Gasteiger partial charge in [-0.2, -0.15) is 0 Å². The van der Waals surface area contributed by atoms with E-state index in [1.54, 1.807) is 12.3 Å². The van der Waals surface area contributed by atoms with Crippen molar-refractivity contribution in [3.63, 3.8) is 0 Å². The molecule has 280 valence electrons. The average Bonchev–Trinajstić information content (AvgIpc) is 3.69. The molecule has 7 fully saturated rings. The highest BCUT2D eigenvalue weighted by Crippen LogP contribution is 2.89. The van der Waals surface area contributed by atoms with Gasteiger partial charge in [0.1, 0.15) is 5.82 Å². The summed E-state index contributed by atoms with van der Waals surface area (Å²) in [4.78, 5) is 6.21. The second-order valence-corrected chi connectivity index (χ2v) is 20.0. The summed E-state index contributed by atoms with van der Waals surface area (Å²) in [6.45, 7) is 23.8. The Morgan fingerprint density at radius 2 is 1.80 bits per heavy atom. The third-order valence-corrected chi connectivity index (χ3v) is 16.7. The predicted molar refractivity (Wildman–Crippen MR) is 192 cm³/mol. The Kier molecular flexibility index (Phi) is 8.45. The molecule has 1 aromatic heterocycles. The van der Waals surface area contributed by atoms with E-state index in [0.717, 1.165) is 18.5 Å². The molecule has 1 unspecified atom stereocenters. The zero-order valence-corrected chi connectivity index (χ0v) is 32.3. The molecule has 0 bridgehead atoms. The number of halogens is 1. The molecule has 1 N–H and O–H groups in total. The van der Waals surface area contributed by atoms with Gasteiger partial charge in [0.25, 0.3) is 0 Å². The van der Waals surface area contributed by atoms with E-state index in [-0.39, 0.29) is 58.2 Å². The molecule has 8 rings (SSSR count).